The third-order valence-corrected chi connectivity index (χ3v) is 15.5. The molecule has 5 atom stereocenters. The quantitative estimate of drug-likeness (QED) is 0.134. The molecule has 2 aliphatic heterocycles. The van der Waals surface area contributed by atoms with E-state index in [1.165, 1.54) is 5.19 Å². The number of methoxy groups -OCH3 is 2. The lowest BCUT2D eigenvalue weighted by Gasteiger charge is -2.37. The molecule has 2 aliphatic rings. The fraction of sp³-hybridized carbons (Fsp3) is 0.317. The van der Waals surface area contributed by atoms with Gasteiger partial charge in [0.15, 0.2) is 5.60 Å². The molecule has 11 nitrogen and oxygen atoms in total. The number of fused-ring (bicyclic) bond motifs is 2. The van der Waals surface area contributed by atoms with Crippen molar-refractivity contribution in [3.63, 3.8) is 0 Å². The van der Waals surface area contributed by atoms with Crippen molar-refractivity contribution in [1.29, 1.82) is 0 Å². The van der Waals surface area contributed by atoms with Gasteiger partial charge in [0.25, 0.3) is 11.8 Å². The molecular formula is C41H45N5O6Si. The minimum Gasteiger partial charge on any atom is -0.497 e. The van der Waals surface area contributed by atoms with Crippen molar-refractivity contribution in [3.05, 3.63) is 126 Å². The van der Waals surface area contributed by atoms with Crippen molar-refractivity contribution in [2.45, 2.75) is 56.1 Å². The monoisotopic (exact) mass is 731 g/mol. The third-order valence-electron chi connectivity index (χ3n) is 11.1. The number of aliphatic hydroxyl groups is 1. The zero-order valence-electron chi connectivity index (χ0n) is 30.6. The molecule has 274 valence electrons. The predicted octanol–water partition coefficient (Wildman–Crippen LogP) is 5.93. The maximum absolute atomic E-state index is 14.3. The fourth-order valence-corrected chi connectivity index (χ4v) is 12.4. The molecule has 0 saturated carbocycles. The number of nitrogens with zero attached hydrogens (tertiary/aromatic N) is 3. The van der Waals surface area contributed by atoms with Crippen LogP contribution in [0.3, 0.4) is 0 Å². The Morgan fingerprint density at radius 1 is 1.00 bits per heavy atom. The van der Waals surface area contributed by atoms with Gasteiger partial charge in [-0.3, -0.25) is 14.3 Å². The van der Waals surface area contributed by atoms with Crippen LogP contribution < -0.4 is 25.3 Å². The molecule has 7 rings (SSSR count). The number of aliphatic hydroxyl groups excluding tert-OH is 1. The Hall–Kier alpha value is -5.30. The second-order valence-corrected chi connectivity index (χ2v) is 19.1. The predicted molar refractivity (Wildman–Crippen MR) is 206 cm³/mol. The summed E-state index contributed by atoms with van der Waals surface area (Å²) in [4.78, 5) is 27.5. The van der Waals surface area contributed by atoms with E-state index in [4.69, 9.17) is 14.2 Å². The smallest absolute Gasteiger partial charge is 0.261 e. The summed E-state index contributed by atoms with van der Waals surface area (Å²) in [6.45, 7) is 7.21. The molecule has 2 amide bonds. The van der Waals surface area contributed by atoms with E-state index in [0.717, 1.165) is 11.3 Å². The number of hydrogen-bond donors (Lipinski definition) is 3. The van der Waals surface area contributed by atoms with E-state index in [9.17, 15) is 14.7 Å². The van der Waals surface area contributed by atoms with Gasteiger partial charge >= 0.3 is 0 Å². The number of benzene rings is 4. The molecular weight excluding hydrogens is 687 g/mol. The van der Waals surface area contributed by atoms with Gasteiger partial charge in [0, 0.05) is 41.2 Å². The van der Waals surface area contributed by atoms with Gasteiger partial charge in [0.1, 0.15) is 11.5 Å². The normalized spacial score (nSPS) is 21.2. The zero-order valence-corrected chi connectivity index (χ0v) is 31.6. The maximum Gasteiger partial charge on any atom is 0.261 e. The van der Waals surface area contributed by atoms with E-state index in [-0.39, 0.29) is 41.9 Å². The Bertz CT molecular complexity index is 2090. The molecule has 4 aromatic carbocycles. The Balaban J connectivity index is 1.21. The van der Waals surface area contributed by atoms with Crippen molar-refractivity contribution >= 4 is 36.4 Å². The van der Waals surface area contributed by atoms with Crippen molar-refractivity contribution in [3.8, 4) is 11.5 Å². The molecule has 1 fully saturated rings. The van der Waals surface area contributed by atoms with Crippen molar-refractivity contribution in [2.75, 3.05) is 31.5 Å². The second-order valence-electron chi connectivity index (χ2n) is 14.4. The lowest BCUT2D eigenvalue weighted by Crippen LogP contribution is -2.51. The van der Waals surface area contributed by atoms with E-state index in [2.05, 4.69) is 53.1 Å². The minimum atomic E-state index is -2.36. The van der Waals surface area contributed by atoms with Gasteiger partial charge in [0.05, 0.1) is 46.6 Å². The van der Waals surface area contributed by atoms with Crippen molar-refractivity contribution in [1.82, 2.24) is 15.0 Å². The molecule has 12 heteroatoms. The van der Waals surface area contributed by atoms with E-state index < -0.39 is 13.7 Å². The SMILES string of the molecule is COc1ccc(C(=O)Nc2ccc3c(c2)[C@]2(O[C@@H](CCn4cc(C(CO)c5ccccc5)nn4)[C@H]([Si](C)(C)c4ccc(OC)cc4)[C@H]2C)C(=O)N3)cc1. The van der Waals surface area contributed by atoms with Crippen LogP contribution in [0.4, 0.5) is 11.4 Å². The molecule has 0 radical (unpaired) electrons. The summed E-state index contributed by atoms with van der Waals surface area (Å²) in [6.07, 6.45) is 2.16. The van der Waals surface area contributed by atoms with Gasteiger partial charge in [-0.15, -0.1) is 5.10 Å². The first-order chi connectivity index (χ1) is 25.6. The van der Waals surface area contributed by atoms with Crippen molar-refractivity contribution in [2.24, 2.45) is 5.92 Å². The Morgan fingerprint density at radius 3 is 2.34 bits per heavy atom. The van der Waals surface area contributed by atoms with Crippen LogP contribution in [0.15, 0.2) is 103 Å². The van der Waals surface area contributed by atoms with Crippen LogP contribution in [-0.2, 0) is 21.7 Å². The highest BCUT2D eigenvalue weighted by molar-refractivity contribution is 6.91. The molecule has 1 unspecified atom stereocenters. The van der Waals surface area contributed by atoms with Gasteiger partial charge in [-0.1, -0.05) is 72.9 Å². The minimum absolute atomic E-state index is 0.0163. The highest BCUT2D eigenvalue weighted by atomic mass is 28.3. The zero-order chi connectivity index (χ0) is 37.3. The highest BCUT2D eigenvalue weighted by Crippen LogP contribution is 2.59. The Labute approximate surface area is 310 Å². The summed E-state index contributed by atoms with van der Waals surface area (Å²) in [5, 5.41) is 26.5. The van der Waals surface area contributed by atoms with Gasteiger partial charge < -0.3 is 30.0 Å². The third kappa shape index (κ3) is 6.62. The lowest BCUT2D eigenvalue weighted by molar-refractivity contribution is -0.143. The van der Waals surface area contributed by atoms with Crippen LogP contribution >= 0.6 is 0 Å². The van der Waals surface area contributed by atoms with E-state index >= 15 is 0 Å². The molecule has 0 bridgehead atoms. The van der Waals surface area contributed by atoms with Crippen LogP contribution in [0.2, 0.25) is 18.6 Å². The molecule has 0 aliphatic carbocycles. The summed E-state index contributed by atoms with van der Waals surface area (Å²) < 4.78 is 19.6. The molecule has 1 saturated heterocycles. The molecule has 1 aromatic heterocycles. The van der Waals surface area contributed by atoms with Gasteiger partial charge in [-0.2, -0.15) is 0 Å². The lowest BCUT2D eigenvalue weighted by atomic mass is 9.82. The van der Waals surface area contributed by atoms with Crippen LogP contribution in [0.25, 0.3) is 0 Å². The topological polar surface area (TPSA) is 137 Å². The number of nitrogens with one attached hydrogen (secondary N) is 2. The average molecular weight is 732 g/mol. The molecule has 3 N–H and O–H groups in total. The van der Waals surface area contributed by atoms with E-state index in [0.29, 0.717) is 46.9 Å². The van der Waals surface area contributed by atoms with Gasteiger partial charge in [-0.05, 0) is 72.1 Å². The van der Waals surface area contributed by atoms with Crippen LogP contribution in [-0.4, -0.2) is 66.9 Å². The second kappa shape index (κ2) is 14.6. The van der Waals surface area contributed by atoms with Crippen LogP contribution in [0.5, 0.6) is 11.5 Å². The summed E-state index contributed by atoms with van der Waals surface area (Å²) in [5.41, 5.74) is 2.83. The first-order valence-electron chi connectivity index (χ1n) is 17.9. The summed E-state index contributed by atoms with van der Waals surface area (Å²) in [6, 6.07) is 30.4. The fourth-order valence-electron chi connectivity index (χ4n) is 8.32. The van der Waals surface area contributed by atoms with Crippen molar-refractivity contribution < 1.29 is 28.9 Å². The number of rotatable bonds is 12. The van der Waals surface area contributed by atoms with E-state index in [1.807, 2.05) is 60.8 Å². The number of hydrogen-bond acceptors (Lipinski definition) is 8. The number of carbonyl (C=O) groups excluding carboxylic acids is 2. The molecule has 5 aromatic rings. The summed E-state index contributed by atoms with van der Waals surface area (Å²) in [7, 11) is 0.876. The van der Waals surface area contributed by atoms with Gasteiger partial charge in [-0.25, -0.2) is 0 Å². The maximum atomic E-state index is 14.3. The van der Waals surface area contributed by atoms with Crippen LogP contribution in [0, 0.1) is 5.92 Å². The number of aryl methyl sites for hydroxylation is 1. The molecule has 53 heavy (non-hydrogen) atoms. The Morgan fingerprint density at radius 2 is 1.68 bits per heavy atom. The number of aromatic nitrogens is 3. The summed E-state index contributed by atoms with van der Waals surface area (Å²) in [5.74, 6) is 0.466. The largest absolute Gasteiger partial charge is 0.497 e. The number of anilines is 2. The molecule has 3 heterocycles. The molecule has 1 spiro atoms. The average Bonchev–Trinajstić information content (AvgIpc) is 3.85. The number of carbonyl (C=O) groups is 2. The van der Waals surface area contributed by atoms with E-state index in [1.54, 1.807) is 49.2 Å². The number of ether oxygens (including phenoxy) is 3. The summed E-state index contributed by atoms with van der Waals surface area (Å²) >= 11 is 0. The Kier molecular flexibility index (Phi) is 9.94. The first-order valence-corrected chi connectivity index (χ1v) is 21.0. The standard InChI is InChI=1S/C41H45N5O6Si/c1-26-38(53(4,5)32-18-16-31(51-3)17-19-32)37(21-22-46-24-36(44-45-46)33(25-47)27-9-7-6-8-10-27)52-41(26)34-23-29(13-20-35(34)43-40(41)49)42-39(48)28-11-14-30(50-2)15-12-28/h6-20,23-24,26,33,37-38,47H,21-22,25H2,1-5H3,(H,42,48)(H,43,49)/t26-,33?,37+,38-,41+/m1/s1. The van der Waals surface area contributed by atoms with Gasteiger partial charge in [0.2, 0.25) is 0 Å². The number of amides is 2. The first kappa shape index (κ1) is 36.1. The highest BCUT2D eigenvalue weighted by Gasteiger charge is 2.64. The van der Waals surface area contributed by atoms with Crippen LogP contribution in [0.1, 0.15) is 46.4 Å².